The summed E-state index contributed by atoms with van der Waals surface area (Å²) in [5.74, 6) is -0.445. The van der Waals surface area contributed by atoms with Crippen LogP contribution in [0.25, 0.3) is 0 Å². The smallest absolute Gasteiger partial charge is 0.339 e. The standard InChI is InChI=1S/C16H20N2O4/c1-11-9-12(15(19)22-2)14(10-13(11)18(20)21)17-7-5-16(3-4-16)6-8-17/h9-10H,3-8H2,1-2H3. The molecule has 1 aromatic carbocycles. The van der Waals surface area contributed by atoms with Gasteiger partial charge in [-0.15, -0.1) is 0 Å². The van der Waals surface area contributed by atoms with Crippen molar-refractivity contribution in [2.75, 3.05) is 25.1 Å². The third-order valence-electron chi connectivity index (χ3n) is 5.04. The Morgan fingerprint density at radius 1 is 1.27 bits per heavy atom. The summed E-state index contributed by atoms with van der Waals surface area (Å²) in [7, 11) is 1.33. The highest BCUT2D eigenvalue weighted by molar-refractivity contribution is 5.97. The molecule has 0 radical (unpaired) electrons. The summed E-state index contributed by atoms with van der Waals surface area (Å²) in [6.45, 7) is 3.32. The van der Waals surface area contributed by atoms with E-state index in [9.17, 15) is 14.9 Å². The molecule has 22 heavy (non-hydrogen) atoms. The van der Waals surface area contributed by atoms with Gasteiger partial charge in [0.2, 0.25) is 0 Å². The number of ether oxygens (including phenoxy) is 1. The monoisotopic (exact) mass is 304 g/mol. The van der Waals surface area contributed by atoms with Crippen molar-refractivity contribution in [3.63, 3.8) is 0 Å². The molecule has 118 valence electrons. The Balaban J connectivity index is 1.97. The molecule has 0 atom stereocenters. The van der Waals surface area contributed by atoms with Gasteiger partial charge in [-0.25, -0.2) is 4.79 Å². The number of methoxy groups -OCH3 is 1. The molecule has 1 aromatic rings. The number of aryl methyl sites for hydroxylation is 1. The van der Waals surface area contributed by atoms with Gasteiger partial charge >= 0.3 is 5.97 Å². The third kappa shape index (κ3) is 2.53. The lowest BCUT2D eigenvalue weighted by Gasteiger charge is -2.34. The number of hydrogen-bond donors (Lipinski definition) is 0. The molecule has 6 heteroatoms. The molecule has 0 unspecified atom stereocenters. The maximum Gasteiger partial charge on any atom is 0.339 e. The van der Waals surface area contributed by atoms with Crippen molar-refractivity contribution >= 4 is 17.3 Å². The summed E-state index contributed by atoms with van der Waals surface area (Å²) in [4.78, 5) is 24.9. The summed E-state index contributed by atoms with van der Waals surface area (Å²) >= 11 is 0. The van der Waals surface area contributed by atoms with Gasteiger partial charge in [0.05, 0.1) is 23.3 Å². The minimum absolute atomic E-state index is 0.0503. The Bertz CT molecular complexity index is 627. The fraction of sp³-hybridized carbons (Fsp3) is 0.562. The van der Waals surface area contributed by atoms with E-state index in [2.05, 4.69) is 4.90 Å². The Morgan fingerprint density at radius 3 is 2.41 bits per heavy atom. The van der Waals surface area contributed by atoms with Crippen molar-refractivity contribution in [1.29, 1.82) is 0 Å². The molecule has 1 aliphatic heterocycles. The van der Waals surface area contributed by atoms with Gasteiger partial charge in [-0.2, -0.15) is 0 Å². The number of nitro benzene ring substituents is 1. The fourth-order valence-electron chi connectivity index (χ4n) is 3.32. The van der Waals surface area contributed by atoms with Gasteiger partial charge in [0.25, 0.3) is 5.69 Å². The Hall–Kier alpha value is -2.11. The second-order valence-corrected chi connectivity index (χ2v) is 6.39. The van der Waals surface area contributed by atoms with Crippen LogP contribution in [-0.4, -0.2) is 31.1 Å². The van der Waals surface area contributed by atoms with Gasteiger partial charge in [0.1, 0.15) is 0 Å². The highest BCUT2D eigenvalue weighted by Crippen LogP contribution is 2.54. The molecule has 1 aliphatic carbocycles. The predicted molar refractivity (Wildman–Crippen MR) is 82.3 cm³/mol. The first kappa shape index (κ1) is 14.8. The quantitative estimate of drug-likeness (QED) is 0.487. The number of nitrogens with zero attached hydrogens (tertiary/aromatic N) is 2. The molecular weight excluding hydrogens is 284 g/mol. The molecule has 2 fully saturated rings. The maximum absolute atomic E-state index is 12.0. The van der Waals surface area contributed by atoms with Gasteiger partial charge in [-0.1, -0.05) is 0 Å². The van der Waals surface area contributed by atoms with Crippen LogP contribution in [0.5, 0.6) is 0 Å². The molecule has 0 amide bonds. The topological polar surface area (TPSA) is 72.7 Å². The fourth-order valence-corrected chi connectivity index (χ4v) is 3.32. The van der Waals surface area contributed by atoms with Crippen molar-refractivity contribution in [3.8, 4) is 0 Å². The maximum atomic E-state index is 12.0. The zero-order chi connectivity index (χ0) is 15.9. The molecular formula is C16H20N2O4. The Labute approximate surface area is 129 Å². The van der Waals surface area contributed by atoms with Crippen LogP contribution in [0.4, 0.5) is 11.4 Å². The van der Waals surface area contributed by atoms with Crippen LogP contribution in [0.15, 0.2) is 12.1 Å². The van der Waals surface area contributed by atoms with Crippen LogP contribution in [0, 0.1) is 22.5 Å². The highest BCUT2D eigenvalue weighted by Gasteiger charge is 2.44. The van der Waals surface area contributed by atoms with Crippen molar-refractivity contribution in [2.45, 2.75) is 32.6 Å². The summed E-state index contributed by atoms with van der Waals surface area (Å²) in [6.07, 6.45) is 4.77. The number of hydrogen-bond acceptors (Lipinski definition) is 5. The van der Waals surface area contributed by atoms with E-state index in [0.29, 0.717) is 22.2 Å². The number of rotatable bonds is 3. The summed E-state index contributed by atoms with van der Waals surface area (Å²) in [5, 5.41) is 11.2. The van der Waals surface area contributed by atoms with Crippen molar-refractivity contribution in [1.82, 2.24) is 0 Å². The number of esters is 1. The number of carbonyl (C=O) groups is 1. The van der Waals surface area contributed by atoms with Crippen molar-refractivity contribution in [3.05, 3.63) is 33.4 Å². The van der Waals surface area contributed by atoms with Crippen LogP contribution >= 0.6 is 0 Å². The summed E-state index contributed by atoms with van der Waals surface area (Å²) in [6, 6.07) is 3.09. The van der Waals surface area contributed by atoms with E-state index in [1.54, 1.807) is 13.0 Å². The minimum atomic E-state index is -0.445. The molecule has 1 saturated carbocycles. The van der Waals surface area contributed by atoms with Crippen LogP contribution < -0.4 is 4.90 Å². The van der Waals surface area contributed by atoms with Gasteiger partial charge in [0.15, 0.2) is 0 Å². The Morgan fingerprint density at radius 2 is 1.91 bits per heavy atom. The lowest BCUT2D eigenvalue weighted by molar-refractivity contribution is -0.385. The highest BCUT2D eigenvalue weighted by atomic mass is 16.6. The summed E-state index contributed by atoms with van der Waals surface area (Å²) in [5.41, 5.74) is 2.08. The van der Waals surface area contributed by atoms with Gasteiger partial charge in [-0.3, -0.25) is 10.1 Å². The average molecular weight is 304 g/mol. The van der Waals surface area contributed by atoms with Crippen LogP contribution in [0.2, 0.25) is 0 Å². The van der Waals surface area contributed by atoms with Crippen LogP contribution in [0.1, 0.15) is 41.6 Å². The molecule has 1 saturated heterocycles. The minimum Gasteiger partial charge on any atom is -0.465 e. The molecule has 2 aliphatic rings. The average Bonchev–Trinajstić information content (AvgIpc) is 3.26. The third-order valence-corrected chi connectivity index (χ3v) is 5.04. The van der Waals surface area contributed by atoms with E-state index in [1.165, 1.54) is 26.0 Å². The number of carbonyl (C=O) groups excluding carboxylic acids is 1. The number of benzene rings is 1. The van der Waals surface area contributed by atoms with Crippen LogP contribution in [0.3, 0.4) is 0 Å². The van der Waals surface area contributed by atoms with Gasteiger partial charge < -0.3 is 9.64 Å². The van der Waals surface area contributed by atoms with E-state index < -0.39 is 10.9 Å². The molecule has 1 heterocycles. The largest absolute Gasteiger partial charge is 0.465 e. The molecule has 0 aromatic heterocycles. The molecule has 1 spiro atoms. The van der Waals surface area contributed by atoms with E-state index >= 15 is 0 Å². The second kappa shape index (κ2) is 5.26. The van der Waals surface area contributed by atoms with E-state index in [0.717, 1.165) is 25.9 Å². The van der Waals surface area contributed by atoms with E-state index in [-0.39, 0.29) is 5.69 Å². The molecule has 0 bridgehead atoms. The second-order valence-electron chi connectivity index (χ2n) is 6.39. The number of anilines is 1. The van der Waals surface area contributed by atoms with E-state index in [4.69, 9.17) is 4.74 Å². The molecule has 0 N–H and O–H groups in total. The number of piperidine rings is 1. The summed E-state index contributed by atoms with van der Waals surface area (Å²) < 4.78 is 4.84. The first-order chi connectivity index (χ1) is 10.5. The zero-order valence-electron chi connectivity index (χ0n) is 12.9. The van der Waals surface area contributed by atoms with Gasteiger partial charge in [-0.05, 0) is 44.1 Å². The lowest BCUT2D eigenvalue weighted by Crippen LogP contribution is -2.35. The lowest BCUT2D eigenvalue weighted by atomic mass is 9.92. The normalized spacial score (nSPS) is 19.1. The van der Waals surface area contributed by atoms with Crippen molar-refractivity contribution in [2.24, 2.45) is 5.41 Å². The molecule has 3 rings (SSSR count). The number of nitro groups is 1. The van der Waals surface area contributed by atoms with Gasteiger partial charge in [0, 0.05) is 24.7 Å². The van der Waals surface area contributed by atoms with Crippen LogP contribution in [-0.2, 0) is 4.74 Å². The van der Waals surface area contributed by atoms with E-state index in [1.807, 2.05) is 0 Å². The van der Waals surface area contributed by atoms with Crippen molar-refractivity contribution < 1.29 is 14.5 Å². The predicted octanol–water partition coefficient (Wildman–Crippen LogP) is 3.07. The molecule has 6 nitrogen and oxygen atoms in total. The zero-order valence-corrected chi connectivity index (χ0v) is 12.9. The first-order valence-electron chi connectivity index (χ1n) is 7.58. The first-order valence-corrected chi connectivity index (χ1v) is 7.58. The SMILES string of the molecule is COC(=O)c1cc(C)c([N+](=O)[O-])cc1N1CCC2(CC1)CC2. The Kier molecular flexibility index (Phi) is 3.54.